The van der Waals surface area contributed by atoms with Crippen molar-refractivity contribution < 1.29 is 4.79 Å². The molecule has 3 rings (SSSR count). The lowest BCUT2D eigenvalue weighted by Gasteiger charge is -2.27. The van der Waals surface area contributed by atoms with Crippen molar-refractivity contribution in [2.24, 2.45) is 5.92 Å². The molecule has 0 unspecified atom stereocenters. The second kappa shape index (κ2) is 8.92. The zero-order valence-electron chi connectivity index (χ0n) is 15.8. The minimum atomic E-state index is 0.268. The highest BCUT2D eigenvalue weighted by Gasteiger charge is 2.25. The molecule has 26 heavy (non-hydrogen) atoms. The summed E-state index contributed by atoms with van der Waals surface area (Å²) in [6.07, 6.45) is 2.54. The maximum absolute atomic E-state index is 12.8. The highest BCUT2D eigenvalue weighted by molar-refractivity contribution is 7.81. The number of rotatable bonds is 7. The van der Waals surface area contributed by atoms with Gasteiger partial charge in [-0.1, -0.05) is 56.3 Å². The number of benzene rings is 2. The van der Waals surface area contributed by atoms with E-state index in [1.54, 1.807) is 0 Å². The maximum Gasteiger partial charge on any atom is 0.222 e. The molecular formula is C22H30N2OS. The summed E-state index contributed by atoms with van der Waals surface area (Å²) in [5, 5.41) is 6.46. The summed E-state index contributed by atoms with van der Waals surface area (Å²) in [7, 11) is 0. The Balaban J connectivity index is 1.70. The molecule has 1 fully saturated rings. The predicted octanol–water partition coefficient (Wildman–Crippen LogP) is 3.92. The van der Waals surface area contributed by atoms with E-state index < -0.39 is 0 Å². The van der Waals surface area contributed by atoms with E-state index >= 15 is 0 Å². The Bertz CT molecular complexity index is 741. The first-order valence-corrected chi connectivity index (χ1v) is 10.2. The molecule has 1 aliphatic rings. The van der Waals surface area contributed by atoms with Crippen LogP contribution in [0.25, 0.3) is 10.8 Å². The van der Waals surface area contributed by atoms with Gasteiger partial charge >= 0.3 is 0 Å². The Morgan fingerprint density at radius 1 is 1.23 bits per heavy atom. The first kappa shape index (κ1) is 19.2. The van der Waals surface area contributed by atoms with Gasteiger partial charge in [0.1, 0.15) is 0 Å². The number of nitrogens with one attached hydrogen (secondary N) is 1. The summed E-state index contributed by atoms with van der Waals surface area (Å²) >= 11 is 4.57. The van der Waals surface area contributed by atoms with Crippen molar-refractivity contribution in [1.82, 2.24) is 10.2 Å². The molecule has 0 aliphatic carbocycles. The van der Waals surface area contributed by atoms with E-state index in [4.69, 9.17) is 0 Å². The number of thiol groups is 1. The lowest BCUT2D eigenvalue weighted by molar-refractivity contribution is -0.132. The number of amides is 1. The minimum absolute atomic E-state index is 0.268. The molecule has 0 saturated carbocycles. The molecule has 0 aromatic heterocycles. The molecule has 1 N–H and O–H groups in total. The second-order valence-corrected chi connectivity index (χ2v) is 8.55. The monoisotopic (exact) mass is 370 g/mol. The van der Waals surface area contributed by atoms with Crippen LogP contribution in [0, 0.1) is 5.92 Å². The minimum Gasteiger partial charge on any atom is -0.341 e. The van der Waals surface area contributed by atoms with Crippen LogP contribution in [0.5, 0.6) is 0 Å². The Morgan fingerprint density at radius 3 is 2.73 bits per heavy atom. The third-order valence-electron chi connectivity index (χ3n) is 5.11. The number of nitrogens with zero attached hydrogens (tertiary/aromatic N) is 1. The molecule has 0 radical (unpaired) electrons. The molecular weight excluding hydrogens is 340 g/mol. The molecule has 3 nitrogen and oxygen atoms in total. The largest absolute Gasteiger partial charge is 0.341 e. The average molecular weight is 371 g/mol. The smallest absolute Gasteiger partial charge is 0.222 e. The van der Waals surface area contributed by atoms with E-state index in [-0.39, 0.29) is 5.91 Å². The standard InChI is InChI=1S/C22H30N2OS/c1-16(2)12-22(25)24(15-19-13-20(26)14-23-19)11-10-18-8-5-7-17-6-3-4-9-21(17)18/h3-9,16,19-20,23,26H,10-15H2,1-2H3/t19-,20-/m0/s1. The lowest BCUT2D eigenvalue weighted by Crippen LogP contribution is -2.42. The summed E-state index contributed by atoms with van der Waals surface area (Å²) in [5.74, 6) is 0.654. The fraction of sp³-hybridized carbons (Fsp3) is 0.500. The van der Waals surface area contributed by atoms with Crippen LogP contribution < -0.4 is 5.32 Å². The van der Waals surface area contributed by atoms with E-state index in [9.17, 15) is 4.79 Å². The molecule has 4 heteroatoms. The van der Waals surface area contributed by atoms with Gasteiger partial charge in [-0.25, -0.2) is 0 Å². The van der Waals surface area contributed by atoms with Gasteiger partial charge in [-0.2, -0.15) is 12.6 Å². The molecule has 140 valence electrons. The van der Waals surface area contributed by atoms with Crippen molar-refractivity contribution in [1.29, 1.82) is 0 Å². The summed E-state index contributed by atoms with van der Waals surface area (Å²) in [6, 6.07) is 15.3. The third-order valence-corrected chi connectivity index (χ3v) is 5.50. The Labute approximate surface area is 162 Å². The predicted molar refractivity (Wildman–Crippen MR) is 113 cm³/mol. The van der Waals surface area contributed by atoms with Crippen LogP contribution in [0.15, 0.2) is 42.5 Å². The topological polar surface area (TPSA) is 32.3 Å². The van der Waals surface area contributed by atoms with Crippen LogP contribution in [0.3, 0.4) is 0 Å². The van der Waals surface area contributed by atoms with Crippen molar-refractivity contribution in [3.05, 3.63) is 48.0 Å². The van der Waals surface area contributed by atoms with Gasteiger partial charge in [0.2, 0.25) is 5.91 Å². The summed E-state index contributed by atoms with van der Waals surface area (Å²) in [4.78, 5) is 14.8. The average Bonchev–Trinajstić information content (AvgIpc) is 3.03. The van der Waals surface area contributed by atoms with Gasteiger partial charge < -0.3 is 10.2 Å². The molecule has 1 heterocycles. The number of hydrogen-bond donors (Lipinski definition) is 2. The van der Waals surface area contributed by atoms with Gasteiger partial charge in [0.15, 0.2) is 0 Å². The Kier molecular flexibility index (Phi) is 6.60. The van der Waals surface area contributed by atoms with Gasteiger partial charge in [0.05, 0.1) is 0 Å². The van der Waals surface area contributed by atoms with Crippen LogP contribution in [-0.4, -0.2) is 41.7 Å². The lowest BCUT2D eigenvalue weighted by atomic mass is 10.0. The van der Waals surface area contributed by atoms with Gasteiger partial charge in [-0.3, -0.25) is 4.79 Å². The first-order chi connectivity index (χ1) is 12.5. The van der Waals surface area contributed by atoms with Crippen molar-refractivity contribution in [2.75, 3.05) is 19.6 Å². The summed E-state index contributed by atoms with van der Waals surface area (Å²) in [6.45, 7) is 6.71. The maximum atomic E-state index is 12.8. The van der Waals surface area contributed by atoms with Crippen LogP contribution in [0.1, 0.15) is 32.3 Å². The molecule has 1 amide bonds. The second-order valence-electron chi connectivity index (χ2n) is 7.82. The fourth-order valence-corrected chi connectivity index (χ4v) is 4.12. The first-order valence-electron chi connectivity index (χ1n) is 9.69. The van der Waals surface area contributed by atoms with Gasteiger partial charge in [-0.15, -0.1) is 0 Å². The van der Waals surface area contributed by atoms with Crippen LogP contribution in [0.4, 0.5) is 0 Å². The quantitative estimate of drug-likeness (QED) is 0.724. The molecule has 1 saturated heterocycles. The Hall–Kier alpha value is -1.52. The molecule has 0 bridgehead atoms. The van der Waals surface area contributed by atoms with Gasteiger partial charge in [0, 0.05) is 37.3 Å². The van der Waals surface area contributed by atoms with E-state index in [0.717, 1.165) is 32.5 Å². The van der Waals surface area contributed by atoms with Crippen molar-refractivity contribution in [3.63, 3.8) is 0 Å². The molecule has 2 atom stereocenters. The fourth-order valence-electron chi connectivity index (χ4n) is 3.76. The van der Waals surface area contributed by atoms with Crippen LogP contribution in [0.2, 0.25) is 0 Å². The number of carbonyl (C=O) groups is 1. The highest BCUT2D eigenvalue weighted by Crippen LogP contribution is 2.20. The third kappa shape index (κ3) is 5.01. The number of hydrogen-bond acceptors (Lipinski definition) is 3. The van der Waals surface area contributed by atoms with Crippen molar-refractivity contribution >= 4 is 29.3 Å². The SMILES string of the molecule is CC(C)CC(=O)N(CCc1cccc2ccccc12)C[C@@H]1C[C@H](S)CN1. The number of carbonyl (C=O) groups excluding carboxylic acids is 1. The summed E-state index contributed by atoms with van der Waals surface area (Å²) in [5.41, 5.74) is 1.32. The van der Waals surface area contributed by atoms with Crippen molar-refractivity contribution in [2.45, 2.75) is 44.4 Å². The normalized spacial score (nSPS) is 20.0. The van der Waals surface area contributed by atoms with Crippen molar-refractivity contribution in [3.8, 4) is 0 Å². The Morgan fingerprint density at radius 2 is 2.00 bits per heavy atom. The summed E-state index contributed by atoms with van der Waals surface area (Å²) < 4.78 is 0. The zero-order valence-corrected chi connectivity index (χ0v) is 16.7. The van der Waals surface area contributed by atoms with Crippen LogP contribution in [-0.2, 0) is 11.2 Å². The highest BCUT2D eigenvalue weighted by atomic mass is 32.1. The molecule has 2 aromatic carbocycles. The van der Waals surface area contributed by atoms with E-state index in [1.165, 1.54) is 16.3 Å². The van der Waals surface area contributed by atoms with E-state index in [2.05, 4.69) is 79.2 Å². The van der Waals surface area contributed by atoms with Crippen LogP contribution >= 0.6 is 12.6 Å². The molecule has 2 aromatic rings. The van der Waals surface area contributed by atoms with Gasteiger partial charge in [0.25, 0.3) is 0 Å². The molecule has 0 spiro atoms. The van der Waals surface area contributed by atoms with E-state index in [1.807, 2.05) is 0 Å². The number of fused-ring (bicyclic) bond motifs is 1. The zero-order chi connectivity index (χ0) is 18.5. The molecule has 1 aliphatic heterocycles. The van der Waals surface area contributed by atoms with Gasteiger partial charge in [-0.05, 0) is 35.1 Å². The van der Waals surface area contributed by atoms with E-state index in [0.29, 0.717) is 23.6 Å².